The largest absolute Gasteiger partial charge is 0.507 e. The lowest BCUT2D eigenvalue weighted by molar-refractivity contribution is -0.141. The lowest BCUT2D eigenvalue weighted by Gasteiger charge is -2.43. The summed E-state index contributed by atoms with van der Waals surface area (Å²) in [6.45, 7) is 8.31. The Morgan fingerprint density at radius 2 is 1.78 bits per heavy atom. The van der Waals surface area contributed by atoms with Crippen LogP contribution in [0.5, 0.6) is 5.75 Å². The number of phenolic OH excluding ortho intramolecular Hbond substituents is 1. The molecule has 3 aliphatic rings. The third-order valence-electron chi connectivity index (χ3n) is 9.16. The van der Waals surface area contributed by atoms with Crippen LogP contribution in [0.15, 0.2) is 28.9 Å². The van der Waals surface area contributed by atoms with Gasteiger partial charge in [-0.15, -0.1) is 0 Å². The Labute approximate surface area is 243 Å². The molecule has 2 heterocycles. The van der Waals surface area contributed by atoms with E-state index >= 15 is 0 Å². The highest BCUT2D eigenvalue weighted by atomic mass is 16.5. The molecule has 4 atom stereocenters. The molecule has 1 aromatic carbocycles. The Kier molecular flexibility index (Phi) is 10.1. The minimum atomic E-state index is -0.991. The van der Waals surface area contributed by atoms with Crippen molar-refractivity contribution in [2.75, 3.05) is 6.54 Å². The summed E-state index contributed by atoms with van der Waals surface area (Å²) in [5.74, 6) is -1.90. The summed E-state index contributed by atoms with van der Waals surface area (Å²) < 4.78 is 6.12. The quantitative estimate of drug-likeness (QED) is 0.134. The molecule has 41 heavy (non-hydrogen) atoms. The molecular weight excluding hydrogens is 521 g/mol. The van der Waals surface area contributed by atoms with E-state index in [4.69, 9.17) is 9.76 Å². The molecule has 9 heteroatoms. The predicted molar refractivity (Wildman–Crippen MR) is 158 cm³/mol. The summed E-state index contributed by atoms with van der Waals surface area (Å²) in [6.07, 6.45) is 7.63. The van der Waals surface area contributed by atoms with Crippen LogP contribution in [0.4, 0.5) is 0 Å². The molecule has 3 N–H and O–H groups in total. The molecule has 1 aliphatic carbocycles. The predicted octanol–water partition coefficient (Wildman–Crippen LogP) is 5.43. The highest BCUT2D eigenvalue weighted by molar-refractivity contribution is 6.43. The number of carboxylic acids is 1. The van der Waals surface area contributed by atoms with Crippen LogP contribution in [-0.2, 0) is 19.0 Å². The van der Waals surface area contributed by atoms with Crippen LogP contribution < -0.4 is 0 Å². The Bertz CT molecular complexity index is 1220. The van der Waals surface area contributed by atoms with Crippen molar-refractivity contribution in [3.63, 3.8) is 0 Å². The molecule has 1 aromatic rings. The number of aliphatic carboxylic acids is 1. The first-order valence-corrected chi connectivity index (χ1v) is 15.2. The number of carbonyl (C=O) groups is 3. The number of rotatable bonds is 12. The SMILES string of the molecule is CCC1=C2[C@@H](CC/C(=C/c3cc(C)c(O)c(C)c3)CC)OB(O)C[C@@H]2[C@@H]2C(=O)N(CCCCCC(=O)O)C(=O)[C@@H]2C1. The van der Waals surface area contributed by atoms with E-state index in [2.05, 4.69) is 19.9 Å². The fourth-order valence-electron chi connectivity index (χ4n) is 7.09. The molecule has 222 valence electrons. The molecular formula is C32H44BNO7. The summed E-state index contributed by atoms with van der Waals surface area (Å²) in [4.78, 5) is 39.2. The van der Waals surface area contributed by atoms with Crippen LogP contribution in [0, 0.1) is 31.6 Å². The van der Waals surface area contributed by atoms with Crippen LogP contribution in [-0.4, -0.2) is 57.7 Å². The van der Waals surface area contributed by atoms with E-state index in [1.807, 2.05) is 26.0 Å². The number of carboxylic acid groups (broad SMARTS) is 1. The van der Waals surface area contributed by atoms with Gasteiger partial charge < -0.3 is 19.9 Å². The smallest absolute Gasteiger partial charge is 0.455 e. The van der Waals surface area contributed by atoms with Crippen LogP contribution in [0.1, 0.15) is 88.3 Å². The molecule has 8 nitrogen and oxygen atoms in total. The topological polar surface area (TPSA) is 124 Å². The first-order valence-electron chi connectivity index (χ1n) is 15.2. The molecule has 2 aliphatic heterocycles. The van der Waals surface area contributed by atoms with Gasteiger partial charge in [-0.3, -0.25) is 19.3 Å². The number of likely N-dealkylation sites (tertiary alicyclic amines) is 1. The highest BCUT2D eigenvalue weighted by Gasteiger charge is 2.56. The molecule has 0 radical (unpaired) electrons. The van der Waals surface area contributed by atoms with E-state index in [1.165, 1.54) is 16.0 Å². The number of hydrogen-bond donors (Lipinski definition) is 3. The number of fused-ring (bicyclic) bond motifs is 3. The van der Waals surface area contributed by atoms with Gasteiger partial charge in [0.05, 0.1) is 17.9 Å². The maximum absolute atomic E-state index is 13.6. The van der Waals surface area contributed by atoms with Gasteiger partial charge in [0, 0.05) is 13.0 Å². The van der Waals surface area contributed by atoms with E-state index in [1.54, 1.807) is 0 Å². The van der Waals surface area contributed by atoms with Crippen LogP contribution in [0.2, 0.25) is 6.32 Å². The van der Waals surface area contributed by atoms with E-state index < -0.39 is 24.9 Å². The number of carbonyl (C=O) groups excluding carboxylic acids is 2. The molecule has 0 spiro atoms. The lowest BCUT2D eigenvalue weighted by Crippen LogP contribution is -2.46. The zero-order chi connectivity index (χ0) is 29.8. The third-order valence-corrected chi connectivity index (χ3v) is 9.16. The van der Waals surface area contributed by atoms with Crippen molar-refractivity contribution >= 4 is 31.0 Å². The number of hydrogen-bond acceptors (Lipinski definition) is 6. The van der Waals surface area contributed by atoms with E-state index in [9.17, 15) is 24.5 Å². The fraction of sp³-hybridized carbons (Fsp3) is 0.594. The second-order valence-electron chi connectivity index (χ2n) is 11.9. The van der Waals surface area contributed by atoms with Crippen molar-refractivity contribution in [2.24, 2.45) is 17.8 Å². The average molecular weight is 566 g/mol. The van der Waals surface area contributed by atoms with E-state index in [0.717, 1.165) is 41.5 Å². The van der Waals surface area contributed by atoms with Crippen molar-refractivity contribution in [1.82, 2.24) is 4.90 Å². The first kappa shape index (κ1) is 31.0. The number of aromatic hydroxyl groups is 1. The molecule has 0 saturated carbocycles. The van der Waals surface area contributed by atoms with Gasteiger partial charge in [-0.05, 0) is 105 Å². The Morgan fingerprint density at radius 3 is 2.41 bits per heavy atom. The number of aryl methyl sites for hydroxylation is 2. The molecule has 2 amide bonds. The van der Waals surface area contributed by atoms with Crippen molar-refractivity contribution in [1.29, 1.82) is 0 Å². The summed E-state index contributed by atoms with van der Waals surface area (Å²) in [7, 11) is -0.991. The number of imide groups is 1. The van der Waals surface area contributed by atoms with E-state index in [-0.39, 0.29) is 30.3 Å². The van der Waals surface area contributed by atoms with Crippen molar-refractivity contribution in [3.05, 3.63) is 45.5 Å². The minimum Gasteiger partial charge on any atom is -0.507 e. The fourth-order valence-corrected chi connectivity index (χ4v) is 7.09. The zero-order valence-electron chi connectivity index (χ0n) is 24.8. The molecule has 0 unspecified atom stereocenters. The maximum atomic E-state index is 13.6. The van der Waals surface area contributed by atoms with E-state index in [0.29, 0.717) is 50.7 Å². The lowest BCUT2D eigenvalue weighted by atomic mass is 9.58. The molecule has 4 rings (SSSR count). The summed E-state index contributed by atoms with van der Waals surface area (Å²) in [5, 5.41) is 29.8. The second kappa shape index (κ2) is 13.4. The number of phenols is 1. The molecule has 0 bridgehead atoms. The maximum Gasteiger partial charge on any atom is 0.455 e. The minimum absolute atomic E-state index is 0.0881. The van der Waals surface area contributed by atoms with Crippen LogP contribution in [0.25, 0.3) is 6.08 Å². The average Bonchev–Trinajstić information content (AvgIpc) is 3.17. The third kappa shape index (κ3) is 6.78. The first-order chi connectivity index (χ1) is 19.5. The molecule has 0 aromatic heterocycles. The standard InChI is InChI=1S/C32H44BNO7/c1-5-21(16-22-14-19(3)30(37)20(4)15-22)11-12-26-28-23(6-2)17-24-29(25(28)18-33(40)41-26)32(39)34(31(24)38)13-9-7-8-10-27(35)36/h14-16,24-26,29,37,40H,5-13,17-18H2,1-4H3,(H,35,36)/b21-16+/t24-,25+,26-,29-/m1/s1. The van der Waals surface area contributed by atoms with Gasteiger partial charge in [0.2, 0.25) is 11.8 Å². The van der Waals surface area contributed by atoms with Gasteiger partial charge in [0.25, 0.3) is 0 Å². The van der Waals surface area contributed by atoms with Crippen molar-refractivity contribution < 1.29 is 34.3 Å². The van der Waals surface area contributed by atoms with Gasteiger partial charge in [-0.2, -0.15) is 0 Å². The number of amides is 2. The van der Waals surface area contributed by atoms with Gasteiger partial charge in [-0.25, -0.2) is 0 Å². The van der Waals surface area contributed by atoms with Gasteiger partial charge in [-0.1, -0.05) is 37.5 Å². The Balaban J connectivity index is 1.51. The van der Waals surface area contributed by atoms with Crippen LogP contribution >= 0.6 is 0 Å². The Hall–Kier alpha value is -2.91. The normalized spacial score (nSPS) is 24.7. The van der Waals surface area contributed by atoms with Crippen molar-refractivity contribution in [3.8, 4) is 5.75 Å². The van der Waals surface area contributed by atoms with Crippen molar-refractivity contribution in [2.45, 2.75) is 97.9 Å². The monoisotopic (exact) mass is 565 g/mol. The summed E-state index contributed by atoms with van der Waals surface area (Å²) in [5.41, 5.74) is 6.24. The summed E-state index contributed by atoms with van der Waals surface area (Å²) >= 11 is 0. The Morgan fingerprint density at radius 1 is 1.07 bits per heavy atom. The van der Waals surface area contributed by atoms with Gasteiger partial charge >= 0.3 is 13.1 Å². The van der Waals surface area contributed by atoms with Gasteiger partial charge in [0.1, 0.15) is 5.75 Å². The number of allylic oxidation sites excluding steroid dienone is 2. The van der Waals surface area contributed by atoms with Gasteiger partial charge in [0.15, 0.2) is 0 Å². The van der Waals surface area contributed by atoms with Crippen LogP contribution in [0.3, 0.4) is 0 Å². The second-order valence-corrected chi connectivity index (χ2v) is 11.9. The summed E-state index contributed by atoms with van der Waals surface area (Å²) in [6, 6.07) is 3.96. The number of benzene rings is 1. The number of nitrogens with zero attached hydrogens (tertiary/aromatic N) is 1. The number of unbranched alkanes of at least 4 members (excludes halogenated alkanes) is 2. The highest BCUT2D eigenvalue weighted by Crippen LogP contribution is 2.51. The molecule has 2 fully saturated rings. The molecule has 2 saturated heterocycles. The zero-order valence-corrected chi connectivity index (χ0v) is 24.8.